The molecule has 2 rings (SSSR count). The molecular weight excluding hydrogens is 308 g/mol. The van der Waals surface area contributed by atoms with E-state index in [9.17, 15) is 9.59 Å². The summed E-state index contributed by atoms with van der Waals surface area (Å²) < 4.78 is 10.8. The van der Waals surface area contributed by atoms with Gasteiger partial charge in [0.25, 0.3) is 0 Å². The van der Waals surface area contributed by atoms with E-state index in [4.69, 9.17) is 14.9 Å². The fourth-order valence-corrected chi connectivity index (χ4v) is 2.66. The second-order valence-corrected chi connectivity index (χ2v) is 5.66. The van der Waals surface area contributed by atoms with E-state index in [1.165, 1.54) is 0 Å². The third-order valence-corrected chi connectivity index (χ3v) is 3.75. The summed E-state index contributed by atoms with van der Waals surface area (Å²) in [4.78, 5) is 25.5. The Labute approximate surface area is 141 Å². The van der Waals surface area contributed by atoms with Gasteiger partial charge in [0, 0.05) is 17.5 Å². The average Bonchev–Trinajstić information content (AvgIpc) is 2.91. The van der Waals surface area contributed by atoms with E-state index in [0.717, 1.165) is 30.3 Å². The van der Waals surface area contributed by atoms with Crippen LogP contribution in [-0.2, 0) is 16.1 Å². The highest BCUT2D eigenvalue weighted by molar-refractivity contribution is 5.96. The van der Waals surface area contributed by atoms with Crippen molar-refractivity contribution < 1.29 is 18.7 Å². The highest BCUT2D eigenvalue weighted by atomic mass is 16.5. The first-order valence-corrected chi connectivity index (χ1v) is 8.25. The van der Waals surface area contributed by atoms with E-state index < -0.39 is 11.9 Å². The Balaban J connectivity index is 2.37. The van der Waals surface area contributed by atoms with Crippen LogP contribution < -0.4 is 5.73 Å². The third-order valence-electron chi connectivity index (χ3n) is 3.75. The second-order valence-electron chi connectivity index (χ2n) is 5.66. The predicted octanol–water partition coefficient (Wildman–Crippen LogP) is 2.70. The standard InChI is InChI=1S/C18H24N2O4/c1-3-5-10-20(12-16(19)21)11-14-13-8-6-7-9-15(13)24-17(14)18(22)23-4-2/h6-9H,3-5,10-12H2,1-2H3,(H2,19,21). The Morgan fingerprint density at radius 2 is 2.00 bits per heavy atom. The normalized spacial score (nSPS) is 11.1. The Morgan fingerprint density at radius 1 is 1.25 bits per heavy atom. The maximum absolute atomic E-state index is 12.2. The quantitative estimate of drug-likeness (QED) is 0.714. The van der Waals surface area contributed by atoms with E-state index in [2.05, 4.69) is 6.92 Å². The molecule has 0 fully saturated rings. The number of nitrogens with two attached hydrogens (primary N) is 1. The molecule has 24 heavy (non-hydrogen) atoms. The van der Waals surface area contributed by atoms with Gasteiger partial charge in [-0.15, -0.1) is 0 Å². The molecule has 0 spiro atoms. The molecule has 0 radical (unpaired) electrons. The average molecular weight is 332 g/mol. The highest BCUT2D eigenvalue weighted by Gasteiger charge is 2.23. The number of benzene rings is 1. The van der Waals surface area contributed by atoms with Gasteiger partial charge in [-0.2, -0.15) is 0 Å². The van der Waals surface area contributed by atoms with E-state index in [1.807, 2.05) is 29.2 Å². The summed E-state index contributed by atoms with van der Waals surface area (Å²) in [5, 5.41) is 0.853. The number of hydrogen-bond donors (Lipinski definition) is 1. The van der Waals surface area contributed by atoms with Crippen LogP contribution in [0.25, 0.3) is 11.0 Å². The lowest BCUT2D eigenvalue weighted by molar-refractivity contribution is -0.119. The molecule has 1 aromatic carbocycles. The molecule has 2 aromatic rings. The molecule has 0 atom stereocenters. The first kappa shape index (κ1) is 18.0. The molecule has 0 aliphatic rings. The van der Waals surface area contributed by atoms with Crippen molar-refractivity contribution in [2.24, 2.45) is 5.73 Å². The number of fused-ring (bicyclic) bond motifs is 1. The van der Waals surface area contributed by atoms with Crippen molar-refractivity contribution in [3.05, 3.63) is 35.6 Å². The van der Waals surface area contributed by atoms with Gasteiger partial charge in [-0.1, -0.05) is 31.5 Å². The van der Waals surface area contributed by atoms with Crippen molar-refractivity contribution in [3.63, 3.8) is 0 Å². The number of rotatable bonds is 9. The lowest BCUT2D eigenvalue weighted by Crippen LogP contribution is -2.34. The smallest absolute Gasteiger partial charge is 0.374 e. The molecule has 0 saturated heterocycles. The van der Waals surface area contributed by atoms with Crippen molar-refractivity contribution in [3.8, 4) is 0 Å². The lowest BCUT2D eigenvalue weighted by atomic mass is 10.1. The van der Waals surface area contributed by atoms with Gasteiger partial charge in [0.05, 0.1) is 13.2 Å². The molecule has 130 valence electrons. The topological polar surface area (TPSA) is 85.8 Å². The number of carbonyl (C=O) groups excluding carboxylic acids is 2. The molecular formula is C18H24N2O4. The number of nitrogens with zero attached hydrogens (tertiary/aromatic N) is 1. The van der Waals surface area contributed by atoms with Crippen LogP contribution in [0, 0.1) is 0 Å². The molecule has 6 nitrogen and oxygen atoms in total. The van der Waals surface area contributed by atoms with Gasteiger partial charge in [0.1, 0.15) is 5.58 Å². The van der Waals surface area contributed by atoms with Gasteiger partial charge in [-0.3, -0.25) is 9.69 Å². The summed E-state index contributed by atoms with van der Waals surface area (Å²) in [6.07, 6.45) is 1.95. The van der Waals surface area contributed by atoms with Crippen molar-refractivity contribution in [1.82, 2.24) is 4.90 Å². The van der Waals surface area contributed by atoms with Crippen LogP contribution in [0.3, 0.4) is 0 Å². The first-order chi connectivity index (χ1) is 11.6. The monoisotopic (exact) mass is 332 g/mol. The molecule has 0 aliphatic heterocycles. The zero-order valence-corrected chi connectivity index (χ0v) is 14.2. The van der Waals surface area contributed by atoms with Crippen LogP contribution in [-0.4, -0.2) is 36.5 Å². The van der Waals surface area contributed by atoms with Crippen LogP contribution in [0.1, 0.15) is 42.8 Å². The third kappa shape index (κ3) is 4.35. The first-order valence-electron chi connectivity index (χ1n) is 8.25. The summed E-state index contributed by atoms with van der Waals surface area (Å²) in [5.74, 6) is -0.682. The van der Waals surface area contributed by atoms with Crippen molar-refractivity contribution >= 4 is 22.8 Å². The SMILES string of the molecule is CCCCN(CC(N)=O)Cc1c(C(=O)OCC)oc2ccccc12. The molecule has 0 bridgehead atoms. The van der Waals surface area contributed by atoms with Crippen LogP contribution in [0.5, 0.6) is 0 Å². The summed E-state index contributed by atoms with van der Waals surface area (Å²) in [6, 6.07) is 7.45. The number of ether oxygens (including phenoxy) is 1. The van der Waals surface area contributed by atoms with Crippen LogP contribution in [0.2, 0.25) is 0 Å². The van der Waals surface area contributed by atoms with Crippen LogP contribution in [0.4, 0.5) is 0 Å². The zero-order chi connectivity index (χ0) is 17.5. The summed E-state index contributed by atoms with van der Waals surface area (Å²) in [5.41, 5.74) is 6.72. The second kappa shape index (κ2) is 8.49. The number of unbranched alkanes of at least 4 members (excludes halogenated alkanes) is 1. The molecule has 6 heteroatoms. The van der Waals surface area contributed by atoms with Gasteiger partial charge in [-0.25, -0.2) is 4.79 Å². The lowest BCUT2D eigenvalue weighted by Gasteiger charge is -2.20. The number of para-hydroxylation sites is 1. The van der Waals surface area contributed by atoms with Gasteiger partial charge in [0.15, 0.2) is 0 Å². The van der Waals surface area contributed by atoms with E-state index >= 15 is 0 Å². The molecule has 0 aliphatic carbocycles. The Morgan fingerprint density at radius 3 is 2.67 bits per heavy atom. The van der Waals surface area contributed by atoms with E-state index in [-0.39, 0.29) is 18.9 Å². The molecule has 0 saturated carbocycles. The van der Waals surface area contributed by atoms with Gasteiger partial charge < -0.3 is 14.9 Å². The number of esters is 1. The number of carbonyl (C=O) groups is 2. The fourth-order valence-electron chi connectivity index (χ4n) is 2.66. The van der Waals surface area contributed by atoms with Gasteiger partial charge >= 0.3 is 5.97 Å². The molecule has 1 aromatic heterocycles. The van der Waals surface area contributed by atoms with Crippen molar-refractivity contribution in [2.45, 2.75) is 33.2 Å². The summed E-state index contributed by atoms with van der Waals surface area (Å²) in [7, 11) is 0. The zero-order valence-electron chi connectivity index (χ0n) is 14.2. The van der Waals surface area contributed by atoms with Crippen LogP contribution >= 0.6 is 0 Å². The van der Waals surface area contributed by atoms with Crippen molar-refractivity contribution in [2.75, 3.05) is 19.7 Å². The largest absolute Gasteiger partial charge is 0.460 e. The number of furan rings is 1. The Kier molecular flexibility index (Phi) is 6.37. The number of primary amides is 1. The minimum absolute atomic E-state index is 0.141. The molecule has 1 heterocycles. The summed E-state index contributed by atoms with van der Waals surface area (Å²) in [6.45, 7) is 5.38. The highest BCUT2D eigenvalue weighted by Crippen LogP contribution is 2.28. The Hall–Kier alpha value is -2.34. The fraction of sp³-hybridized carbons (Fsp3) is 0.444. The van der Waals surface area contributed by atoms with E-state index in [0.29, 0.717) is 12.1 Å². The maximum Gasteiger partial charge on any atom is 0.374 e. The molecule has 0 unspecified atom stereocenters. The predicted molar refractivity (Wildman–Crippen MR) is 91.5 cm³/mol. The molecule has 1 amide bonds. The van der Waals surface area contributed by atoms with Gasteiger partial charge in [-0.05, 0) is 26.0 Å². The Bertz CT molecular complexity index is 708. The maximum atomic E-state index is 12.2. The van der Waals surface area contributed by atoms with Gasteiger partial charge in [0.2, 0.25) is 11.7 Å². The van der Waals surface area contributed by atoms with E-state index in [1.54, 1.807) is 6.92 Å². The van der Waals surface area contributed by atoms with Crippen LogP contribution in [0.15, 0.2) is 28.7 Å². The number of hydrogen-bond acceptors (Lipinski definition) is 5. The minimum atomic E-state index is -0.488. The number of amides is 1. The van der Waals surface area contributed by atoms with Crippen molar-refractivity contribution in [1.29, 1.82) is 0 Å². The molecule has 2 N–H and O–H groups in total. The minimum Gasteiger partial charge on any atom is -0.460 e. The summed E-state index contributed by atoms with van der Waals surface area (Å²) >= 11 is 0.